The van der Waals surface area contributed by atoms with E-state index in [2.05, 4.69) is 10.2 Å². The largest absolute Gasteiger partial charge is 0.487 e. The maximum Gasteiger partial charge on any atom is 0.345 e. The minimum Gasteiger partial charge on any atom is -0.487 e. The first-order chi connectivity index (χ1) is 19.7. The summed E-state index contributed by atoms with van der Waals surface area (Å²) >= 11 is 0. The molecule has 0 atom stereocenters. The second-order valence-electron chi connectivity index (χ2n) is 10.3. The Bertz CT molecular complexity index is 1640. The fourth-order valence-corrected chi connectivity index (χ4v) is 5.16. The molecule has 3 heterocycles. The quantitative estimate of drug-likeness (QED) is 0.317. The number of nitrogens with one attached hydrogen (secondary N) is 1. The minimum absolute atomic E-state index is 0.0445. The predicted molar refractivity (Wildman–Crippen MR) is 149 cm³/mol. The lowest BCUT2D eigenvalue weighted by atomic mass is 10.0. The van der Waals surface area contributed by atoms with Crippen LogP contribution >= 0.6 is 0 Å². The van der Waals surface area contributed by atoms with Crippen molar-refractivity contribution in [1.29, 1.82) is 0 Å². The molecule has 9 nitrogen and oxygen atoms in total. The van der Waals surface area contributed by atoms with Crippen LogP contribution in [0.1, 0.15) is 40.1 Å². The summed E-state index contributed by atoms with van der Waals surface area (Å²) < 4.78 is 43.1. The highest BCUT2D eigenvalue weighted by atomic mass is 19.1. The summed E-state index contributed by atoms with van der Waals surface area (Å²) in [6.45, 7) is 5.75. The zero-order chi connectivity index (χ0) is 28.7. The molecule has 6 rings (SSSR count). The van der Waals surface area contributed by atoms with E-state index in [9.17, 15) is 14.0 Å². The molecule has 1 aromatic heterocycles. The number of anilines is 1. The van der Waals surface area contributed by atoms with Gasteiger partial charge in [-0.15, -0.1) is 0 Å². The summed E-state index contributed by atoms with van der Waals surface area (Å²) in [5, 5.41) is 3.21. The summed E-state index contributed by atoms with van der Waals surface area (Å²) in [4.78, 5) is 28.1. The summed E-state index contributed by atoms with van der Waals surface area (Å²) in [6, 6.07) is 14.7. The summed E-state index contributed by atoms with van der Waals surface area (Å²) in [7, 11) is 1.54. The highest BCUT2D eigenvalue weighted by Crippen LogP contribution is 2.41. The van der Waals surface area contributed by atoms with Gasteiger partial charge in [0.25, 0.3) is 5.91 Å². The van der Waals surface area contributed by atoms with Crippen molar-refractivity contribution < 1.29 is 37.3 Å². The molecule has 0 unspecified atom stereocenters. The van der Waals surface area contributed by atoms with Crippen LogP contribution in [0.25, 0.3) is 22.3 Å². The van der Waals surface area contributed by atoms with Gasteiger partial charge >= 0.3 is 5.97 Å². The van der Waals surface area contributed by atoms with E-state index in [4.69, 9.17) is 23.4 Å². The molecule has 4 aromatic rings. The second kappa shape index (κ2) is 10.4. The second-order valence-corrected chi connectivity index (χ2v) is 10.3. The Hall–Kier alpha value is -4.57. The van der Waals surface area contributed by atoms with Crippen LogP contribution in [0.5, 0.6) is 11.5 Å². The lowest BCUT2D eigenvalue weighted by molar-refractivity contribution is -0.127. The third kappa shape index (κ3) is 5.06. The number of ether oxygens (including phenoxy) is 4. The molecule has 2 aliphatic rings. The monoisotopic (exact) mass is 560 g/mol. The van der Waals surface area contributed by atoms with Gasteiger partial charge in [0.05, 0.1) is 24.5 Å². The molecule has 2 aliphatic heterocycles. The van der Waals surface area contributed by atoms with Crippen molar-refractivity contribution in [2.45, 2.75) is 26.2 Å². The Labute approximate surface area is 235 Å². The van der Waals surface area contributed by atoms with Crippen molar-refractivity contribution in [3.05, 3.63) is 77.1 Å². The topological polar surface area (TPSA) is 99.5 Å². The van der Waals surface area contributed by atoms with E-state index >= 15 is 0 Å². The molecule has 41 heavy (non-hydrogen) atoms. The van der Waals surface area contributed by atoms with Crippen molar-refractivity contribution in [2.24, 2.45) is 0 Å². The Morgan fingerprint density at radius 3 is 2.56 bits per heavy atom. The number of benzene rings is 3. The first kappa shape index (κ1) is 26.6. The van der Waals surface area contributed by atoms with Gasteiger partial charge in [0, 0.05) is 56.6 Å². The molecule has 0 spiro atoms. The van der Waals surface area contributed by atoms with Crippen molar-refractivity contribution in [1.82, 2.24) is 5.32 Å². The third-order valence-corrected chi connectivity index (χ3v) is 7.08. The molecule has 0 saturated carbocycles. The Kier molecular flexibility index (Phi) is 6.78. The number of furan rings is 1. The Morgan fingerprint density at radius 2 is 1.83 bits per heavy atom. The van der Waals surface area contributed by atoms with Gasteiger partial charge in [0.1, 0.15) is 40.8 Å². The molecule has 1 amide bonds. The molecule has 3 aromatic carbocycles. The van der Waals surface area contributed by atoms with Gasteiger partial charge in [0.2, 0.25) is 5.79 Å². The summed E-state index contributed by atoms with van der Waals surface area (Å²) in [6.07, 6.45) is 0. The lowest BCUT2D eigenvalue weighted by Gasteiger charge is -2.32. The molecule has 0 bridgehead atoms. The average molecular weight is 561 g/mol. The number of halogens is 1. The number of rotatable bonds is 6. The van der Waals surface area contributed by atoms with Gasteiger partial charge in [-0.25, -0.2) is 9.18 Å². The Morgan fingerprint density at radius 1 is 1.07 bits per heavy atom. The fourth-order valence-electron chi connectivity index (χ4n) is 5.16. The average Bonchev–Trinajstić information content (AvgIpc) is 3.33. The molecule has 0 aliphatic carbocycles. The summed E-state index contributed by atoms with van der Waals surface area (Å²) in [5.41, 5.74) is 3.02. The molecule has 1 saturated heterocycles. The molecule has 1 fully saturated rings. The van der Waals surface area contributed by atoms with Gasteiger partial charge in [-0.1, -0.05) is 12.1 Å². The highest BCUT2D eigenvalue weighted by molar-refractivity contribution is 6.12. The van der Waals surface area contributed by atoms with E-state index in [1.54, 1.807) is 50.2 Å². The standard InChI is InChI=1S/C31H29FN2O7/c1-31(2)40-23-6-4-5-19(26(23)30(36)41-31)17-38-25-15-21-24(16-22(25)34-11-13-37-14-12-34)39-28(27(21)29(35)33-3)18-7-9-20(32)10-8-18/h4-10,15-16H,11-14,17H2,1-3H3,(H,33,35). The Balaban J connectivity index is 1.45. The van der Waals surface area contributed by atoms with Crippen molar-refractivity contribution in [3.8, 4) is 22.8 Å². The van der Waals surface area contributed by atoms with Crippen LogP contribution in [-0.2, 0) is 16.1 Å². The van der Waals surface area contributed by atoms with Crippen LogP contribution < -0.4 is 19.7 Å². The maximum atomic E-state index is 13.7. The third-order valence-electron chi connectivity index (χ3n) is 7.08. The first-order valence-electron chi connectivity index (χ1n) is 13.3. The van der Waals surface area contributed by atoms with E-state index in [0.29, 0.717) is 76.8 Å². The number of cyclic esters (lactones) is 1. The SMILES string of the molecule is CNC(=O)c1c(-c2ccc(F)cc2)oc2cc(N3CCOCC3)c(OCc3cccc4c3C(=O)OC(C)(C)O4)cc12. The van der Waals surface area contributed by atoms with Gasteiger partial charge < -0.3 is 33.6 Å². The number of morpholine rings is 1. The molecule has 1 N–H and O–H groups in total. The number of hydrogen-bond donors (Lipinski definition) is 1. The molecule has 0 radical (unpaired) electrons. The van der Waals surface area contributed by atoms with Crippen molar-refractivity contribution >= 4 is 28.5 Å². The number of hydrogen-bond acceptors (Lipinski definition) is 8. The zero-order valence-corrected chi connectivity index (χ0v) is 22.9. The fraction of sp³-hybridized carbons (Fsp3) is 0.290. The zero-order valence-electron chi connectivity index (χ0n) is 22.9. The minimum atomic E-state index is -1.07. The number of fused-ring (bicyclic) bond motifs is 2. The van der Waals surface area contributed by atoms with E-state index in [0.717, 1.165) is 5.69 Å². The van der Waals surface area contributed by atoms with Crippen LogP contribution in [-0.4, -0.2) is 51.0 Å². The predicted octanol–water partition coefficient (Wildman–Crippen LogP) is 5.30. The number of esters is 1. The van der Waals surface area contributed by atoms with Crippen molar-refractivity contribution in [2.75, 3.05) is 38.3 Å². The molecular formula is C31H29FN2O7. The lowest BCUT2D eigenvalue weighted by Crippen LogP contribution is -2.39. The molecule has 10 heteroatoms. The van der Waals surface area contributed by atoms with Crippen LogP contribution in [0.4, 0.5) is 10.1 Å². The maximum absolute atomic E-state index is 13.7. The van der Waals surface area contributed by atoms with Crippen molar-refractivity contribution in [3.63, 3.8) is 0 Å². The van der Waals surface area contributed by atoms with Crippen LogP contribution in [0.2, 0.25) is 0 Å². The molecular weight excluding hydrogens is 531 g/mol. The number of nitrogens with zero attached hydrogens (tertiary/aromatic N) is 1. The normalized spacial score (nSPS) is 16.1. The van der Waals surface area contributed by atoms with E-state index < -0.39 is 17.6 Å². The summed E-state index contributed by atoms with van der Waals surface area (Å²) in [5.74, 6) is -1.05. The van der Waals surface area contributed by atoms with Gasteiger partial charge in [-0.2, -0.15) is 0 Å². The van der Waals surface area contributed by atoms with Gasteiger partial charge in [-0.05, 0) is 36.4 Å². The van der Waals surface area contributed by atoms with E-state index in [1.165, 1.54) is 19.2 Å². The first-order valence-corrected chi connectivity index (χ1v) is 13.3. The van der Waals surface area contributed by atoms with Gasteiger partial charge in [-0.3, -0.25) is 4.79 Å². The molecule has 212 valence electrons. The van der Waals surface area contributed by atoms with Crippen LogP contribution in [0.15, 0.2) is 59.0 Å². The smallest absolute Gasteiger partial charge is 0.345 e. The van der Waals surface area contributed by atoms with E-state index in [-0.39, 0.29) is 12.5 Å². The highest BCUT2D eigenvalue weighted by Gasteiger charge is 2.35. The van der Waals surface area contributed by atoms with Gasteiger partial charge in [0.15, 0.2) is 0 Å². The van der Waals surface area contributed by atoms with Crippen LogP contribution in [0, 0.1) is 5.82 Å². The number of carbonyl (C=O) groups excluding carboxylic acids is 2. The number of carbonyl (C=O) groups is 2. The number of amides is 1. The van der Waals surface area contributed by atoms with E-state index in [1.807, 2.05) is 6.07 Å². The van der Waals surface area contributed by atoms with Crippen LogP contribution in [0.3, 0.4) is 0 Å².